The van der Waals surface area contributed by atoms with Gasteiger partial charge in [-0.25, -0.2) is 0 Å². The summed E-state index contributed by atoms with van der Waals surface area (Å²) in [6.45, 7) is 6.30. The van der Waals surface area contributed by atoms with Crippen LogP contribution in [0.1, 0.15) is 37.9 Å². The molecule has 74 valence electrons. The highest BCUT2D eigenvalue weighted by Gasteiger charge is 2.14. The molecule has 1 aromatic heterocycles. The first kappa shape index (κ1) is 10.1. The van der Waals surface area contributed by atoms with Gasteiger partial charge in [-0.3, -0.25) is 14.6 Å². The third kappa shape index (κ3) is 1.67. The Morgan fingerprint density at radius 3 is 2.46 bits per heavy atom. The Morgan fingerprint density at radius 2 is 2.15 bits per heavy atom. The van der Waals surface area contributed by atoms with Crippen LogP contribution in [0.4, 0.5) is 0 Å². The van der Waals surface area contributed by atoms with E-state index in [1.165, 1.54) is 4.68 Å². The Kier molecular flexibility index (Phi) is 2.93. The fraction of sp³-hybridized carbons (Fsp3) is 0.667. The van der Waals surface area contributed by atoms with Gasteiger partial charge in [0.05, 0.1) is 12.2 Å². The van der Waals surface area contributed by atoms with Crippen molar-refractivity contribution in [2.45, 2.75) is 39.8 Å². The van der Waals surface area contributed by atoms with Crippen LogP contribution >= 0.6 is 0 Å². The van der Waals surface area contributed by atoms with E-state index in [-0.39, 0.29) is 18.1 Å². The van der Waals surface area contributed by atoms with Crippen molar-refractivity contribution in [1.29, 1.82) is 0 Å². The second-order valence-corrected chi connectivity index (χ2v) is 3.37. The van der Waals surface area contributed by atoms with Crippen LogP contribution in [0.5, 0.6) is 0 Å². The molecule has 1 aromatic rings. The Bertz CT molecular complexity index is 336. The van der Waals surface area contributed by atoms with Gasteiger partial charge in [0.1, 0.15) is 0 Å². The topological polar surface area (TPSA) is 58.0 Å². The lowest BCUT2D eigenvalue weighted by atomic mass is 10.1. The van der Waals surface area contributed by atoms with E-state index >= 15 is 0 Å². The zero-order chi connectivity index (χ0) is 10.0. The van der Waals surface area contributed by atoms with Gasteiger partial charge >= 0.3 is 0 Å². The molecule has 0 aliphatic rings. The van der Waals surface area contributed by atoms with Crippen LogP contribution in [-0.2, 0) is 13.2 Å². The molecule has 13 heavy (non-hydrogen) atoms. The average Bonchev–Trinajstić information content (AvgIpc) is 2.42. The van der Waals surface area contributed by atoms with Crippen molar-refractivity contribution in [1.82, 2.24) is 9.78 Å². The standard InChI is InChI=1S/C9H16N2O2/c1-4-11-9(13)7(5-12)8(10-11)6(2)3/h6,10,12H,4-5H2,1-3H3. The quantitative estimate of drug-likeness (QED) is 0.730. The molecule has 0 aliphatic heterocycles. The van der Waals surface area contributed by atoms with Crippen LogP contribution in [-0.4, -0.2) is 14.9 Å². The number of aliphatic hydroxyl groups is 1. The van der Waals surface area contributed by atoms with Gasteiger partial charge < -0.3 is 5.11 Å². The molecule has 0 aromatic carbocycles. The van der Waals surface area contributed by atoms with Crippen molar-refractivity contribution in [2.24, 2.45) is 0 Å². The molecule has 4 nitrogen and oxygen atoms in total. The lowest BCUT2D eigenvalue weighted by Gasteiger charge is -2.02. The van der Waals surface area contributed by atoms with Crippen molar-refractivity contribution in [3.8, 4) is 0 Å². The predicted octanol–water partition coefficient (Wildman–Crippen LogP) is 0.812. The van der Waals surface area contributed by atoms with Crippen LogP contribution in [0.25, 0.3) is 0 Å². The number of hydrogen-bond acceptors (Lipinski definition) is 2. The molecule has 0 spiro atoms. The van der Waals surface area contributed by atoms with Crippen molar-refractivity contribution >= 4 is 0 Å². The number of aryl methyl sites for hydroxylation is 1. The van der Waals surface area contributed by atoms with E-state index in [0.717, 1.165) is 5.69 Å². The number of hydrogen-bond donors (Lipinski definition) is 2. The first-order valence-electron chi connectivity index (χ1n) is 4.54. The van der Waals surface area contributed by atoms with Crippen molar-refractivity contribution in [3.63, 3.8) is 0 Å². The van der Waals surface area contributed by atoms with Gasteiger partial charge in [-0.05, 0) is 12.8 Å². The minimum atomic E-state index is -0.185. The summed E-state index contributed by atoms with van der Waals surface area (Å²) in [6.07, 6.45) is 0. The molecule has 0 bridgehead atoms. The Balaban J connectivity index is 3.28. The van der Waals surface area contributed by atoms with Gasteiger partial charge in [-0.1, -0.05) is 13.8 Å². The first-order valence-corrected chi connectivity index (χ1v) is 4.54. The highest BCUT2D eigenvalue weighted by atomic mass is 16.3. The molecule has 0 unspecified atom stereocenters. The highest BCUT2D eigenvalue weighted by molar-refractivity contribution is 5.19. The number of aliphatic hydroxyl groups excluding tert-OH is 1. The zero-order valence-electron chi connectivity index (χ0n) is 8.29. The smallest absolute Gasteiger partial charge is 0.272 e. The third-order valence-corrected chi connectivity index (χ3v) is 2.14. The molecule has 0 atom stereocenters. The van der Waals surface area contributed by atoms with Gasteiger partial charge in [0.15, 0.2) is 0 Å². The van der Waals surface area contributed by atoms with Crippen LogP contribution in [0, 0.1) is 0 Å². The van der Waals surface area contributed by atoms with E-state index < -0.39 is 0 Å². The predicted molar refractivity (Wildman–Crippen MR) is 50.7 cm³/mol. The Hall–Kier alpha value is -1.03. The largest absolute Gasteiger partial charge is 0.391 e. The summed E-state index contributed by atoms with van der Waals surface area (Å²) in [4.78, 5) is 11.5. The monoisotopic (exact) mass is 184 g/mol. The molecule has 1 heterocycles. The third-order valence-electron chi connectivity index (χ3n) is 2.14. The number of H-pyrrole nitrogens is 1. The number of nitrogens with one attached hydrogen (secondary N) is 1. The van der Waals surface area contributed by atoms with Crippen LogP contribution < -0.4 is 5.56 Å². The maximum Gasteiger partial charge on any atom is 0.272 e. The number of nitrogens with zero attached hydrogens (tertiary/aromatic N) is 1. The Labute approximate surface area is 77.2 Å². The minimum absolute atomic E-state index is 0.103. The summed E-state index contributed by atoms with van der Waals surface area (Å²) < 4.78 is 1.51. The summed E-state index contributed by atoms with van der Waals surface area (Å²) in [5, 5.41) is 12.0. The second-order valence-electron chi connectivity index (χ2n) is 3.37. The highest BCUT2D eigenvalue weighted by Crippen LogP contribution is 2.13. The summed E-state index contributed by atoms with van der Waals surface area (Å²) >= 11 is 0. The lowest BCUT2D eigenvalue weighted by Crippen LogP contribution is -2.17. The molecule has 0 amide bonds. The number of aromatic nitrogens is 2. The maximum absolute atomic E-state index is 11.5. The van der Waals surface area contributed by atoms with Gasteiger partial charge in [-0.15, -0.1) is 0 Å². The van der Waals surface area contributed by atoms with Crippen molar-refractivity contribution in [2.75, 3.05) is 0 Å². The Morgan fingerprint density at radius 1 is 1.54 bits per heavy atom. The summed E-state index contributed by atoms with van der Waals surface area (Å²) in [7, 11) is 0. The fourth-order valence-electron chi connectivity index (χ4n) is 1.39. The maximum atomic E-state index is 11.5. The van der Waals surface area contributed by atoms with Gasteiger partial charge in [0.2, 0.25) is 0 Å². The van der Waals surface area contributed by atoms with Gasteiger partial charge in [-0.2, -0.15) is 0 Å². The molecule has 0 saturated carbocycles. The number of aromatic amines is 1. The molecule has 0 saturated heterocycles. The van der Waals surface area contributed by atoms with E-state index in [1.807, 2.05) is 20.8 Å². The molecule has 2 N–H and O–H groups in total. The SMILES string of the molecule is CCn1[nH]c(C(C)C)c(CO)c1=O. The molecular weight excluding hydrogens is 168 g/mol. The van der Waals surface area contributed by atoms with Crippen molar-refractivity contribution in [3.05, 3.63) is 21.6 Å². The second kappa shape index (κ2) is 3.79. The summed E-state index contributed by atoms with van der Waals surface area (Å²) in [5.74, 6) is 0.239. The number of rotatable bonds is 3. The van der Waals surface area contributed by atoms with Crippen LogP contribution in [0.15, 0.2) is 4.79 Å². The molecule has 0 radical (unpaired) electrons. The van der Waals surface area contributed by atoms with E-state index in [1.54, 1.807) is 0 Å². The van der Waals surface area contributed by atoms with E-state index in [4.69, 9.17) is 5.11 Å². The average molecular weight is 184 g/mol. The van der Waals surface area contributed by atoms with E-state index in [9.17, 15) is 4.79 Å². The lowest BCUT2D eigenvalue weighted by molar-refractivity contribution is 0.279. The molecule has 1 rings (SSSR count). The normalized spacial score (nSPS) is 11.2. The fourth-order valence-corrected chi connectivity index (χ4v) is 1.39. The molecule has 0 aliphatic carbocycles. The van der Waals surface area contributed by atoms with Crippen LogP contribution in [0.2, 0.25) is 0 Å². The van der Waals surface area contributed by atoms with Gasteiger partial charge in [0.25, 0.3) is 5.56 Å². The molecular formula is C9H16N2O2. The van der Waals surface area contributed by atoms with E-state index in [0.29, 0.717) is 12.1 Å². The molecule has 0 fully saturated rings. The minimum Gasteiger partial charge on any atom is -0.391 e. The van der Waals surface area contributed by atoms with Crippen LogP contribution in [0.3, 0.4) is 0 Å². The first-order chi connectivity index (χ1) is 6.11. The molecule has 4 heteroatoms. The summed E-state index contributed by atoms with van der Waals surface area (Å²) in [6, 6.07) is 0. The van der Waals surface area contributed by atoms with Crippen molar-refractivity contribution < 1.29 is 5.11 Å². The zero-order valence-corrected chi connectivity index (χ0v) is 8.29. The summed E-state index contributed by atoms with van der Waals surface area (Å²) in [5.41, 5.74) is 1.24. The van der Waals surface area contributed by atoms with Gasteiger partial charge in [0, 0.05) is 12.2 Å². The van der Waals surface area contributed by atoms with E-state index in [2.05, 4.69) is 5.10 Å².